The van der Waals surface area contributed by atoms with Gasteiger partial charge in [0.25, 0.3) is 0 Å². The predicted octanol–water partition coefficient (Wildman–Crippen LogP) is 6.55. The van der Waals surface area contributed by atoms with Gasteiger partial charge in [-0.1, -0.05) is 60.7 Å². The number of rotatable bonds is 6. The van der Waals surface area contributed by atoms with Gasteiger partial charge in [-0.3, -0.25) is 4.98 Å². The smallest absolute Gasteiger partial charge is 0.322 e. The van der Waals surface area contributed by atoms with E-state index in [1.54, 1.807) is 60.7 Å². The summed E-state index contributed by atoms with van der Waals surface area (Å²) in [5.74, 6) is -0.611. The summed E-state index contributed by atoms with van der Waals surface area (Å²) in [4.78, 5) is 17.3. The van der Waals surface area contributed by atoms with Gasteiger partial charge in [-0.2, -0.15) is 13.2 Å². The minimum Gasteiger partial charge on any atom is -0.322 e. The van der Waals surface area contributed by atoms with Crippen molar-refractivity contribution in [2.75, 3.05) is 5.32 Å². The molecule has 0 saturated carbocycles. The zero-order chi connectivity index (χ0) is 24.9. The van der Waals surface area contributed by atoms with Crippen molar-refractivity contribution in [1.29, 1.82) is 0 Å². The highest BCUT2D eigenvalue weighted by molar-refractivity contribution is 5.90. The number of aromatic nitrogens is 1. The van der Waals surface area contributed by atoms with Gasteiger partial charge in [0.2, 0.25) is 0 Å². The molecule has 0 radical (unpaired) electrons. The number of benzene rings is 3. The molecule has 1 aromatic heterocycles. The van der Waals surface area contributed by atoms with E-state index < -0.39 is 29.1 Å². The number of nitrogens with one attached hydrogen (secondary N) is 2. The molecule has 1 atom stereocenters. The van der Waals surface area contributed by atoms with Crippen molar-refractivity contribution >= 4 is 11.7 Å². The first-order chi connectivity index (χ1) is 16.8. The molecule has 0 aliphatic heterocycles. The molecule has 4 nitrogen and oxygen atoms in total. The molecule has 1 heterocycles. The first kappa shape index (κ1) is 23.9. The van der Waals surface area contributed by atoms with Crippen LogP contribution in [-0.2, 0) is 18.1 Å². The fourth-order valence-corrected chi connectivity index (χ4v) is 3.89. The van der Waals surface area contributed by atoms with Gasteiger partial charge < -0.3 is 10.6 Å². The molecule has 3 aromatic carbocycles. The molecule has 2 amide bonds. The lowest BCUT2D eigenvalue weighted by Crippen LogP contribution is -2.50. The monoisotopic (exact) mass is 479 g/mol. The number of carbonyl (C=O) groups is 1. The lowest BCUT2D eigenvalue weighted by Gasteiger charge is -2.35. The molecule has 8 heteroatoms. The Morgan fingerprint density at radius 2 is 1.46 bits per heavy atom. The van der Waals surface area contributed by atoms with Gasteiger partial charge in [0.1, 0.15) is 11.4 Å². The topological polar surface area (TPSA) is 54.0 Å². The Balaban J connectivity index is 1.88. The van der Waals surface area contributed by atoms with Crippen molar-refractivity contribution < 1.29 is 22.4 Å². The number of alkyl halides is 3. The number of hydrogen-bond acceptors (Lipinski definition) is 2. The number of nitrogens with zero attached hydrogens (tertiary/aromatic N) is 1. The Kier molecular flexibility index (Phi) is 6.82. The molecule has 2 N–H and O–H groups in total. The highest BCUT2D eigenvalue weighted by Crippen LogP contribution is 2.37. The van der Waals surface area contributed by atoms with Gasteiger partial charge in [0, 0.05) is 12.1 Å². The van der Waals surface area contributed by atoms with Crippen LogP contribution in [0.25, 0.3) is 0 Å². The second-order valence-electron chi connectivity index (χ2n) is 7.95. The minimum atomic E-state index is -4.60. The highest BCUT2D eigenvalue weighted by atomic mass is 19.4. The van der Waals surface area contributed by atoms with Crippen LogP contribution in [0.1, 0.15) is 22.4 Å². The Morgan fingerprint density at radius 3 is 2.09 bits per heavy atom. The van der Waals surface area contributed by atoms with Gasteiger partial charge in [-0.05, 0) is 47.5 Å². The number of carbonyl (C=O) groups excluding carboxylic acids is 1. The van der Waals surface area contributed by atoms with Crippen molar-refractivity contribution in [3.05, 3.63) is 131 Å². The van der Waals surface area contributed by atoms with Gasteiger partial charge in [-0.15, -0.1) is 0 Å². The third-order valence-electron chi connectivity index (χ3n) is 5.52. The van der Waals surface area contributed by atoms with E-state index in [2.05, 4.69) is 15.6 Å². The average molecular weight is 479 g/mol. The Labute approximate surface area is 199 Å². The van der Waals surface area contributed by atoms with Crippen molar-refractivity contribution in [2.45, 2.75) is 18.1 Å². The molecule has 35 heavy (non-hydrogen) atoms. The van der Waals surface area contributed by atoms with Crippen LogP contribution in [0.2, 0.25) is 0 Å². The fraction of sp³-hybridized carbons (Fsp3) is 0.111. The number of anilines is 1. The first-order valence-electron chi connectivity index (χ1n) is 10.7. The van der Waals surface area contributed by atoms with Crippen LogP contribution in [0.15, 0.2) is 103 Å². The Bertz CT molecular complexity index is 1280. The zero-order valence-corrected chi connectivity index (χ0v) is 18.4. The van der Waals surface area contributed by atoms with Crippen LogP contribution in [-0.4, -0.2) is 11.0 Å². The lowest BCUT2D eigenvalue weighted by molar-refractivity contribution is -0.137. The molecular weight excluding hydrogens is 458 g/mol. The zero-order valence-electron chi connectivity index (χ0n) is 18.4. The Hall–Kier alpha value is -4.20. The summed E-state index contributed by atoms with van der Waals surface area (Å²) in [6.45, 7) is 0. The summed E-state index contributed by atoms with van der Waals surface area (Å²) < 4.78 is 54.6. The number of para-hydroxylation sites is 1. The second kappa shape index (κ2) is 9.97. The molecule has 0 bridgehead atoms. The van der Waals surface area contributed by atoms with Crippen molar-refractivity contribution in [2.24, 2.45) is 0 Å². The van der Waals surface area contributed by atoms with Gasteiger partial charge >= 0.3 is 12.2 Å². The summed E-state index contributed by atoms with van der Waals surface area (Å²) >= 11 is 0. The van der Waals surface area contributed by atoms with Crippen LogP contribution in [0.3, 0.4) is 0 Å². The largest absolute Gasteiger partial charge is 0.416 e. The molecule has 0 fully saturated rings. The molecule has 178 valence electrons. The number of amides is 2. The van der Waals surface area contributed by atoms with E-state index in [0.29, 0.717) is 5.69 Å². The number of hydrogen-bond donors (Lipinski definition) is 2. The third-order valence-corrected chi connectivity index (χ3v) is 5.52. The van der Waals surface area contributed by atoms with E-state index in [9.17, 15) is 22.4 Å². The summed E-state index contributed by atoms with van der Waals surface area (Å²) in [5, 5.41) is 5.56. The normalized spacial score (nSPS) is 13.0. The Morgan fingerprint density at radius 1 is 0.800 bits per heavy atom. The summed E-state index contributed by atoms with van der Waals surface area (Å²) in [5.41, 5.74) is -0.857. The van der Waals surface area contributed by atoms with Crippen LogP contribution in [0.4, 0.5) is 28.0 Å². The first-order valence-corrected chi connectivity index (χ1v) is 10.7. The average Bonchev–Trinajstić information content (AvgIpc) is 2.85. The highest BCUT2D eigenvalue weighted by Gasteiger charge is 2.40. The van der Waals surface area contributed by atoms with E-state index in [-0.39, 0.29) is 17.7 Å². The maximum absolute atomic E-state index is 13.8. The summed E-state index contributed by atoms with van der Waals surface area (Å²) in [6.07, 6.45) is -3.56. The third kappa shape index (κ3) is 5.66. The summed E-state index contributed by atoms with van der Waals surface area (Å²) in [7, 11) is 0. The molecule has 0 saturated heterocycles. The van der Waals surface area contributed by atoms with E-state index in [1.807, 2.05) is 0 Å². The molecule has 0 aliphatic carbocycles. The van der Waals surface area contributed by atoms with Gasteiger partial charge in [-0.25, -0.2) is 9.18 Å². The molecule has 4 rings (SSSR count). The van der Waals surface area contributed by atoms with Gasteiger partial charge in [0.15, 0.2) is 0 Å². The maximum atomic E-state index is 13.8. The number of halogens is 4. The molecule has 4 aromatic rings. The molecule has 1 unspecified atom stereocenters. The predicted molar refractivity (Wildman–Crippen MR) is 125 cm³/mol. The van der Waals surface area contributed by atoms with E-state index in [1.165, 1.54) is 18.2 Å². The van der Waals surface area contributed by atoms with Crippen molar-refractivity contribution in [3.8, 4) is 0 Å². The summed E-state index contributed by atoms with van der Waals surface area (Å²) in [6, 6.07) is 24.2. The lowest BCUT2D eigenvalue weighted by atomic mass is 9.80. The van der Waals surface area contributed by atoms with Crippen LogP contribution >= 0.6 is 0 Å². The van der Waals surface area contributed by atoms with Crippen LogP contribution in [0, 0.1) is 5.82 Å². The number of pyridine rings is 1. The van der Waals surface area contributed by atoms with Crippen LogP contribution in [0.5, 0.6) is 0 Å². The maximum Gasteiger partial charge on any atom is 0.416 e. The molecule has 0 spiro atoms. The quantitative estimate of drug-likeness (QED) is 0.308. The van der Waals surface area contributed by atoms with Gasteiger partial charge in [0.05, 0.1) is 17.5 Å². The standard InChI is InChI=1S/C27H21F4N3O/c28-22-14-15-24(32-18-22)26(17-19-8-3-1-4-9-19,20-10-7-11-21(16-20)27(29,30)31)34-25(35)33-23-12-5-2-6-13-23/h1-16,18H,17H2,(H2,33,34,35). The molecule has 0 aliphatic rings. The number of urea groups is 1. The van der Waals surface area contributed by atoms with E-state index >= 15 is 0 Å². The van der Waals surface area contributed by atoms with Crippen molar-refractivity contribution in [3.63, 3.8) is 0 Å². The fourth-order valence-electron chi connectivity index (χ4n) is 3.89. The SMILES string of the molecule is O=C(Nc1ccccc1)NC(Cc1ccccc1)(c1cccc(C(F)(F)F)c1)c1ccc(F)cn1. The van der Waals surface area contributed by atoms with E-state index in [4.69, 9.17) is 0 Å². The van der Waals surface area contributed by atoms with Crippen LogP contribution < -0.4 is 10.6 Å². The second-order valence-corrected chi connectivity index (χ2v) is 7.95. The molecular formula is C27H21F4N3O. The van der Waals surface area contributed by atoms with E-state index in [0.717, 1.165) is 30.0 Å². The minimum absolute atomic E-state index is 0.0655. The van der Waals surface area contributed by atoms with Crippen molar-refractivity contribution in [1.82, 2.24) is 10.3 Å².